The molecular formula is C20H15N5O7. The molecule has 0 spiro atoms. The van der Waals surface area contributed by atoms with Gasteiger partial charge in [-0.15, -0.1) is 0 Å². The number of rotatable bonds is 7. The smallest absolute Gasteiger partial charge is 0.306 e. The Morgan fingerprint density at radius 2 is 1.38 bits per heavy atom. The van der Waals surface area contributed by atoms with Crippen molar-refractivity contribution >= 4 is 40.0 Å². The third-order valence-electron chi connectivity index (χ3n) is 4.38. The lowest BCUT2D eigenvalue weighted by atomic mass is 10.1. The first-order valence-corrected chi connectivity index (χ1v) is 9.02. The summed E-state index contributed by atoms with van der Waals surface area (Å²) >= 11 is 0. The molecule has 162 valence electrons. The van der Waals surface area contributed by atoms with Crippen LogP contribution >= 0.6 is 0 Å². The van der Waals surface area contributed by atoms with Gasteiger partial charge < -0.3 is 10.6 Å². The van der Waals surface area contributed by atoms with Crippen molar-refractivity contribution in [1.29, 1.82) is 0 Å². The zero-order chi connectivity index (χ0) is 23.4. The number of aryl methyl sites for hydroxylation is 1. The van der Waals surface area contributed by atoms with Crippen LogP contribution in [0.5, 0.6) is 0 Å². The maximum Gasteiger partial charge on any atom is 0.306 e. The predicted octanol–water partition coefficient (Wildman–Crippen LogP) is 4.72. The molecule has 12 heteroatoms. The van der Waals surface area contributed by atoms with E-state index in [4.69, 9.17) is 0 Å². The molecule has 0 bridgehead atoms. The van der Waals surface area contributed by atoms with Crippen LogP contribution in [0.15, 0.2) is 60.7 Å². The largest absolute Gasteiger partial charge is 0.344 e. The van der Waals surface area contributed by atoms with Gasteiger partial charge in [0.25, 0.3) is 11.6 Å². The van der Waals surface area contributed by atoms with Crippen LogP contribution in [-0.2, 0) is 0 Å². The number of benzene rings is 3. The lowest BCUT2D eigenvalue weighted by Gasteiger charge is -2.09. The summed E-state index contributed by atoms with van der Waals surface area (Å²) in [6.07, 6.45) is 0. The second-order valence-electron chi connectivity index (χ2n) is 6.66. The summed E-state index contributed by atoms with van der Waals surface area (Å²) in [5, 5.41) is 39.0. The second kappa shape index (κ2) is 8.87. The fourth-order valence-corrected chi connectivity index (χ4v) is 2.89. The van der Waals surface area contributed by atoms with E-state index in [1.807, 2.05) is 13.0 Å². The molecule has 0 atom stereocenters. The molecule has 0 saturated heterocycles. The maximum atomic E-state index is 12.4. The van der Waals surface area contributed by atoms with E-state index in [9.17, 15) is 35.1 Å². The summed E-state index contributed by atoms with van der Waals surface area (Å²) in [6.45, 7) is 1.88. The minimum Gasteiger partial charge on any atom is -0.344 e. The van der Waals surface area contributed by atoms with Crippen LogP contribution in [0.1, 0.15) is 15.9 Å². The average Bonchev–Trinajstić information content (AvgIpc) is 2.73. The van der Waals surface area contributed by atoms with Gasteiger partial charge >= 0.3 is 11.4 Å². The number of hydrogen-bond acceptors (Lipinski definition) is 8. The van der Waals surface area contributed by atoms with Gasteiger partial charge in [0.1, 0.15) is 0 Å². The van der Waals surface area contributed by atoms with Gasteiger partial charge in [-0.3, -0.25) is 35.1 Å². The summed E-state index contributed by atoms with van der Waals surface area (Å²) < 4.78 is 0. The van der Waals surface area contributed by atoms with E-state index in [-0.39, 0.29) is 11.3 Å². The topological polar surface area (TPSA) is 171 Å². The third-order valence-corrected chi connectivity index (χ3v) is 4.38. The molecule has 2 N–H and O–H groups in total. The molecule has 3 aromatic rings. The van der Waals surface area contributed by atoms with Crippen LogP contribution in [0.25, 0.3) is 0 Å². The molecular weight excluding hydrogens is 422 g/mol. The van der Waals surface area contributed by atoms with Crippen molar-refractivity contribution in [3.63, 3.8) is 0 Å². The van der Waals surface area contributed by atoms with E-state index >= 15 is 0 Å². The number of nitro groups is 3. The van der Waals surface area contributed by atoms with Gasteiger partial charge in [0, 0.05) is 16.9 Å². The lowest BCUT2D eigenvalue weighted by Crippen LogP contribution is -2.11. The molecule has 0 aromatic heterocycles. The van der Waals surface area contributed by atoms with Crippen molar-refractivity contribution in [3.05, 3.63) is 102 Å². The zero-order valence-electron chi connectivity index (χ0n) is 16.5. The number of anilines is 3. The minimum atomic E-state index is -0.953. The van der Waals surface area contributed by atoms with E-state index < -0.39 is 43.4 Å². The van der Waals surface area contributed by atoms with E-state index in [2.05, 4.69) is 10.6 Å². The standard InChI is InChI=1S/C20H15N5O7/c1-12-3-2-4-15(9-12)22-20(26)13-5-7-14(8-6-13)21-19-17(24(29)30)10-16(23(27)28)11-18(19)25(31)32/h2-11,21H,1H3,(H,22,26). The zero-order valence-corrected chi connectivity index (χ0v) is 16.5. The first-order chi connectivity index (χ1) is 15.2. The number of amides is 1. The summed E-state index contributed by atoms with van der Waals surface area (Å²) in [5.41, 5.74) is -0.885. The quantitative estimate of drug-likeness (QED) is 0.395. The molecule has 0 fully saturated rings. The number of nitro benzene ring substituents is 3. The molecule has 0 aliphatic carbocycles. The van der Waals surface area contributed by atoms with Crippen LogP contribution in [0.3, 0.4) is 0 Å². The Balaban J connectivity index is 1.89. The molecule has 1 amide bonds. The van der Waals surface area contributed by atoms with E-state index in [1.54, 1.807) is 18.2 Å². The number of nitrogens with one attached hydrogen (secondary N) is 2. The van der Waals surface area contributed by atoms with Gasteiger partial charge in [-0.05, 0) is 48.9 Å². The minimum absolute atomic E-state index is 0.206. The van der Waals surface area contributed by atoms with Gasteiger partial charge in [-0.1, -0.05) is 12.1 Å². The van der Waals surface area contributed by atoms with Crippen LogP contribution in [0, 0.1) is 37.3 Å². The van der Waals surface area contributed by atoms with Crippen LogP contribution in [0.4, 0.5) is 34.1 Å². The van der Waals surface area contributed by atoms with E-state index in [0.29, 0.717) is 17.8 Å². The van der Waals surface area contributed by atoms with E-state index in [1.165, 1.54) is 24.3 Å². The Hall–Kier alpha value is -4.87. The Morgan fingerprint density at radius 1 is 0.781 bits per heavy atom. The molecule has 3 rings (SSSR count). The lowest BCUT2D eigenvalue weighted by molar-refractivity contribution is -0.401. The van der Waals surface area contributed by atoms with Crippen LogP contribution in [0.2, 0.25) is 0 Å². The SMILES string of the molecule is Cc1cccc(NC(=O)c2ccc(Nc3c([N+](=O)[O-])cc([N+](=O)[O-])cc3[N+](=O)[O-])cc2)c1. The number of carbonyl (C=O) groups is 1. The molecule has 0 unspecified atom stereocenters. The van der Waals surface area contributed by atoms with Crippen molar-refractivity contribution in [2.24, 2.45) is 0 Å². The first-order valence-electron chi connectivity index (χ1n) is 9.02. The highest BCUT2D eigenvalue weighted by Gasteiger charge is 2.30. The van der Waals surface area contributed by atoms with Crippen LogP contribution < -0.4 is 10.6 Å². The summed E-state index contributed by atoms with van der Waals surface area (Å²) in [4.78, 5) is 43.3. The predicted molar refractivity (Wildman–Crippen MR) is 115 cm³/mol. The molecule has 12 nitrogen and oxygen atoms in total. The van der Waals surface area contributed by atoms with Crippen molar-refractivity contribution in [2.75, 3.05) is 10.6 Å². The molecule has 0 heterocycles. The Bertz CT molecular complexity index is 1210. The Kier molecular flexibility index (Phi) is 6.05. The monoisotopic (exact) mass is 437 g/mol. The molecule has 0 radical (unpaired) electrons. The summed E-state index contributed by atoms with van der Waals surface area (Å²) in [6, 6.07) is 14.1. The van der Waals surface area contributed by atoms with Crippen molar-refractivity contribution < 1.29 is 19.6 Å². The number of hydrogen-bond donors (Lipinski definition) is 2. The number of non-ortho nitro benzene ring substituents is 1. The fraction of sp³-hybridized carbons (Fsp3) is 0.0500. The highest BCUT2D eigenvalue weighted by Crippen LogP contribution is 2.40. The Morgan fingerprint density at radius 3 is 1.88 bits per heavy atom. The fourth-order valence-electron chi connectivity index (χ4n) is 2.89. The normalized spacial score (nSPS) is 10.3. The van der Waals surface area contributed by atoms with E-state index in [0.717, 1.165) is 5.56 Å². The molecule has 0 saturated carbocycles. The molecule has 3 aromatic carbocycles. The second-order valence-corrected chi connectivity index (χ2v) is 6.66. The molecule has 32 heavy (non-hydrogen) atoms. The summed E-state index contributed by atoms with van der Waals surface area (Å²) in [5.74, 6) is -0.394. The third kappa shape index (κ3) is 4.81. The first kappa shape index (κ1) is 21.8. The van der Waals surface area contributed by atoms with Gasteiger partial charge in [0.2, 0.25) is 0 Å². The van der Waals surface area contributed by atoms with Crippen LogP contribution in [-0.4, -0.2) is 20.7 Å². The number of carbonyl (C=O) groups excluding carboxylic acids is 1. The highest BCUT2D eigenvalue weighted by atomic mass is 16.6. The average molecular weight is 437 g/mol. The maximum absolute atomic E-state index is 12.4. The summed E-state index contributed by atoms with van der Waals surface area (Å²) in [7, 11) is 0. The highest BCUT2D eigenvalue weighted by molar-refractivity contribution is 6.04. The van der Waals surface area contributed by atoms with Gasteiger partial charge in [0.15, 0.2) is 5.69 Å². The Labute approximate surface area is 179 Å². The van der Waals surface area contributed by atoms with Crippen molar-refractivity contribution in [3.8, 4) is 0 Å². The van der Waals surface area contributed by atoms with Gasteiger partial charge in [-0.2, -0.15) is 0 Å². The number of nitrogens with zero attached hydrogens (tertiary/aromatic N) is 3. The molecule has 0 aliphatic rings. The van der Waals surface area contributed by atoms with Gasteiger partial charge in [0.05, 0.1) is 26.9 Å². The van der Waals surface area contributed by atoms with Gasteiger partial charge in [-0.25, -0.2) is 0 Å². The van der Waals surface area contributed by atoms with Crippen molar-refractivity contribution in [2.45, 2.75) is 6.92 Å². The molecule has 0 aliphatic heterocycles. The van der Waals surface area contributed by atoms with Crippen molar-refractivity contribution in [1.82, 2.24) is 0 Å².